The molecule has 0 bridgehead atoms. The molecule has 0 saturated heterocycles. The Morgan fingerprint density at radius 2 is 1.94 bits per heavy atom. The van der Waals surface area contributed by atoms with Gasteiger partial charge in [-0.2, -0.15) is 0 Å². The second-order valence-corrected chi connectivity index (χ2v) is 8.82. The number of carboxylic acid groups (broad SMARTS) is 1. The number of rotatable bonds is 7. The van der Waals surface area contributed by atoms with Crippen LogP contribution in [0.4, 0.5) is 10.9 Å². The highest BCUT2D eigenvalue weighted by Crippen LogP contribution is 2.38. The first-order valence-corrected chi connectivity index (χ1v) is 11.2. The number of pyridine rings is 1. The highest BCUT2D eigenvalue weighted by molar-refractivity contribution is 7.99. The Hall–Kier alpha value is -3.07. The average Bonchev–Trinajstić information content (AvgIpc) is 3.16. The number of nitrogens with one attached hydrogen (secondary N) is 1. The zero-order valence-corrected chi connectivity index (χ0v) is 18.6. The fourth-order valence-electron chi connectivity index (χ4n) is 2.62. The van der Waals surface area contributed by atoms with Crippen molar-refractivity contribution in [2.24, 2.45) is 0 Å². The Labute approximate surface area is 191 Å². The van der Waals surface area contributed by atoms with E-state index in [-0.39, 0.29) is 11.3 Å². The number of nitrogens with zero attached hydrogens (tertiary/aromatic N) is 2. The number of anilines is 2. The van der Waals surface area contributed by atoms with Crippen molar-refractivity contribution in [3.8, 4) is 11.5 Å². The maximum atomic E-state index is 11.4. The minimum absolute atomic E-state index is 0.0761. The molecule has 0 aliphatic rings. The number of aryl methyl sites for hydroxylation is 1. The summed E-state index contributed by atoms with van der Waals surface area (Å²) in [5, 5.41) is 15.3. The lowest BCUT2D eigenvalue weighted by molar-refractivity contribution is 0.0696. The van der Waals surface area contributed by atoms with Gasteiger partial charge in [-0.3, -0.25) is 0 Å². The van der Waals surface area contributed by atoms with E-state index in [0.717, 1.165) is 15.5 Å². The number of hydrogen-bond donors (Lipinski definition) is 2. The van der Waals surface area contributed by atoms with E-state index in [1.807, 2.05) is 48.7 Å². The Morgan fingerprint density at radius 1 is 1.13 bits per heavy atom. The number of ether oxygens (including phenoxy) is 1. The second-order valence-electron chi connectivity index (χ2n) is 6.40. The quantitative estimate of drug-likeness (QED) is 0.305. The highest BCUT2D eigenvalue weighted by Gasteiger charge is 2.15. The van der Waals surface area contributed by atoms with Gasteiger partial charge in [0.05, 0.1) is 16.3 Å². The lowest BCUT2D eigenvalue weighted by atomic mass is 10.2. The first kappa shape index (κ1) is 21.2. The first-order valence-electron chi connectivity index (χ1n) is 9.11. The maximum absolute atomic E-state index is 11.4. The summed E-state index contributed by atoms with van der Waals surface area (Å²) in [6, 6.07) is 16.0. The molecule has 2 N–H and O–H groups in total. The Balaban J connectivity index is 1.70. The largest absolute Gasteiger partial charge is 0.478 e. The molecule has 0 spiro atoms. The van der Waals surface area contributed by atoms with E-state index in [9.17, 15) is 9.90 Å². The lowest BCUT2D eigenvalue weighted by Crippen LogP contribution is -2.00. The van der Waals surface area contributed by atoms with Crippen molar-refractivity contribution in [1.29, 1.82) is 0 Å². The summed E-state index contributed by atoms with van der Waals surface area (Å²) in [5.74, 6) is 0.00927. The molecule has 2 heterocycles. The van der Waals surface area contributed by atoms with E-state index >= 15 is 0 Å². The molecule has 0 atom stereocenters. The van der Waals surface area contributed by atoms with Crippen LogP contribution in [-0.2, 0) is 0 Å². The van der Waals surface area contributed by atoms with Crippen LogP contribution in [0.2, 0.25) is 5.02 Å². The standard InChI is InChI=1S/C22H16ClN3O3S2/c1-13-12-30-22(25-13)26-20-19(29-18-9-14(21(27)28)7-8-17(18)23)10-16(11-24-20)31-15-5-3-2-4-6-15/h2-12H,1H3,(H,27,28)(H,24,25,26). The number of aromatic carboxylic acids is 1. The molecule has 0 radical (unpaired) electrons. The van der Waals surface area contributed by atoms with Crippen molar-refractivity contribution in [3.63, 3.8) is 0 Å². The molecule has 31 heavy (non-hydrogen) atoms. The zero-order chi connectivity index (χ0) is 21.8. The van der Waals surface area contributed by atoms with Crippen molar-refractivity contribution in [2.75, 3.05) is 5.32 Å². The molecule has 4 aromatic rings. The van der Waals surface area contributed by atoms with Gasteiger partial charge in [0.15, 0.2) is 16.7 Å². The van der Waals surface area contributed by atoms with Gasteiger partial charge in [0, 0.05) is 27.4 Å². The van der Waals surface area contributed by atoms with E-state index in [2.05, 4.69) is 15.3 Å². The summed E-state index contributed by atoms with van der Waals surface area (Å²) in [6.07, 6.45) is 1.74. The molecule has 9 heteroatoms. The van der Waals surface area contributed by atoms with Crippen molar-refractivity contribution >= 4 is 51.6 Å². The lowest BCUT2D eigenvalue weighted by Gasteiger charge is -2.14. The van der Waals surface area contributed by atoms with Gasteiger partial charge < -0.3 is 15.2 Å². The predicted octanol–water partition coefficient (Wildman–Crippen LogP) is 6.89. The van der Waals surface area contributed by atoms with Crippen molar-refractivity contribution in [1.82, 2.24) is 9.97 Å². The van der Waals surface area contributed by atoms with Gasteiger partial charge in [0.1, 0.15) is 5.75 Å². The molecule has 0 saturated carbocycles. The SMILES string of the molecule is Cc1csc(Nc2ncc(Sc3ccccc3)cc2Oc2cc(C(=O)O)ccc2Cl)n1. The van der Waals surface area contributed by atoms with Crippen LogP contribution in [0.5, 0.6) is 11.5 Å². The molecule has 0 amide bonds. The van der Waals surface area contributed by atoms with E-state index < -0.39 is 5.97 Å². The molecule has 2 aromatic carbocycles. The monoisotopic (exact) mass is 469 g/mol. The summed E-state index contributed by atoms with van der Waals surface area (Å²) < 4.78 is 6.03. The van der Waals surface area contributed by atoms with E-state index in [4.69, 9.17) is 16.3 Å². The van der Waals surface area contributed by atoms with Gasteiger partial charge in [-0.15, -0.1) is 11.3 Å². The number of carboxylic acids is 1. The summed E-state index contributed by atoms with van der Waals surface area (Å²) in [5.41, 5.74) is 0.968. The van der Waals surface area contributed by atoms with Crippen LogP contribution in [0, 0.1) is 6.92 Å². The van der Waals surface area contributed by atoms with Gasteiger partial charge >= 0.3 is 5.97 Å². The van der Waals surface area contributed by atoms with Crippen molar-refractivity contribution in [3.05, 3.63) is 82.5 Å². The van der Waals surface area contributed by atoms with Gasteiger partial charge in [-0.1, -0.05) is 41.6 Å². The molecule has 6 nitrogen and oxygen atoms in total. The van der Waals surface area contributed by atoms with Crippen LogP contribution < -0.4 is 10.1 Å². The van der Waals surface area contributed by atoms with Gasteiger partial charge in [-0.05, 0) is 37.3 Å². The van der Waals surface area contributed by atoms with Crippen molar-refractivity contribution in [2.45, 2.75) is 16.7 Å². The van der Waals surface area contributed by atoms with Crippen LogP contribution >= 0.6 is 34.7 Å². The van der Waals surface area contributed by atoms with Crippen molar-refractivity contribution < 1.29 is 14.6 Å². The highest BCUT2D eigenvalue weighted by atomic mass is 35.5. The van der Waals surface area contributed by atoms with Gasteiger partial charge in [0.25, 0.3) is 0 Å². The smallest absolute Gasteiger partial charge is 0.335 e. The Morgan fingerprint density at radius 3 is 2.65 bits per heavy atom. The molecular weight excluding hydrogens is 454 g/mol. The molecular formula is C22H16ClN3O3S2. The molecule has 0 unspecified atom stereocenters. The summed E-state index contributed by atoms with van der Waals surface area (Å²) in [6.45, 7) is 1.91. The normalized spacial score (nSPS) is 10.6. The van der Waals surface area contributed by atoms with Crippen LogP contribution in [0.3, 0.4) is 0 Å². The third-order valence-electron chi connectivity index (χ3n) is 4.05. The summed E-state index contributed by atoms with van der Waals surface area (Å²) in [7, 11) is 0. The van der Waals surface area contributed by atoms with Gasteiger partial charge in [0.2, 0.25) is 0 Å². The third-order valence-corrected chi connectivity index (χ3v) is 6.20. The maximum Gasteiger partial charge on any atom is 0.335 e. The molecule has 4 rings (SSSR count). The molecule has 156 valence electrons. The summed E-state index contributed by atoms with van der Waals surface area (Å²) in [4.78, 5) is 22.2. The van der Waals surface area contributed by atoms with Gasteiger partial charge in [-0.25, -0.2) is 14.8 Å². The van der Waals surface area contributed by atoms with E-state index in [1.54, 1.807) is 6.20 Å². The zero-order valence-electron chi connectivity index (χ0n) is 16.2. The second kappa shape index (κ2) is 9.38. The van der Waals surface area contributed by atoms with Crippen LogP contribution in [0.1, 0.15) is 16.1 Å². The van der Waals surface area contributed by atoms with Crippen LogP contribution in [-0.4, -0.2) is 21.0 Å². The first-order chi connectivity index (χ1) is 15.0. The van der Waals surface area contributed by atoms with E-state index in [0.29, 0.717) is 21.7 Å². The predicted molar refractivity (Wildman–Crippen MR) is 123 cm³/mol. The number of carbonyl (C=O) groups is 1. The molecule has 0 fully saturated rings. The third kappa shape index (κ3) is 5.35. The Kier molecular flexibility index (Phi) is 6.41. The minimum atomic E-state index is -1.07. The minimum Gasteiger partial charge on any atom is -0.478 e. The number of hydrogen-bond acceptors (Lipinski definition) is 7. The Bertz CT molecular complexity index is 1230. The van der Waals surface area contributed by atoms with Crippen LogP contribution in [0.25, 0.3) is 0 Å². The van der Waals surface area contributed by atoms with E-state index in [1.165, 1.54) is 41.3 Å². The summed E-state index contributed by atoms with van der Waals surface area (Å²) >= 11 is 9.24. The molecule has 2 aromatic heterocycles. The number of halogens is 1. The molecule has 0 aliphatic heterocycles. The fourth-order valence-corrected chi connectivity index (χ4v) is 4.30. The topological polar surface area (TPSA) is 84.3 Å². The van der Waals surface area contributed by atoms with Crippen LogP contribution in [0.15, 0.2) is 76.0 Å². The number of aromatic nitrogens is 2. The fraction of sp³-hybridized carbons (Fsp3) is 0.0455. The number of thiazole rings is 1. The number of benzene rings is 2. The average molecular weight is 470 g/mol. The molecule has 0 aliphatic carbocycles.